The molecule has 124 valence electrons. The van der Waals surface area contributed by atoms with Gasteiger partial charge < -0.3 is 5.32 Å². The average molecular weight is 329 g/mol. The van der Waals surface area contributed by atoms with E-state index in [1.54, 1.807) is 11.0 Å². The quantitative estimate of drug-likeness (QED) is 0.665. The minimum absolute atomic E-state index is 0.0268. The van der Waals surface area contributed by atoms with Gasteiger partial charge in [-0.1, -0.05) is 0 Å². The summed E-state index contributed by atoms with van der Waals surface area (Å²) in [5, 5.41) is 13.4. The first-order valence-electron chi connectivity index (χ1n) is 7.59. The van der Waals surface area contributed by atoms with Gasteiger partial charge in [0.25, 0.3) is 5.69 Å². The first-order valence-corrected chi connectivity index (χ1v) is 7.59. The fourth-order valence-corrected chi connectivity index (χ4v) is 2.88. The topological polar surface area (TPSA) is 75.5 Å². The van der Waals surface area contributed by atoms with Crippen molar-refractivity contribution in [3.63, 3.8) is 0 Å². The SMILES string of the molecule is C[C@@H]1CCc2cc(F)ccc2N1C(=O)Nc1ccc([N+](=O)[O-])cc1. The highest BCUT2D eigenvalue weighted by Gasteiger charge is 2.28. The van der Waals surface area contributed by atoms with E-state index in [-0.39, 0.29) is 23.6 Å². The Morgan fingerprint density at radius 3 is 2.67 bits per heavy atom. The predicted molar refractivity (Wildman–Crippen MR) is 88.8 cm³/mol. The number of nitro groups is 1. The number of amides is 2. The van der Waals surface area contributed by atoms with Crippen LogP contribution in [0.4, 0.5) is 26.2 Å². The van der Waals surface area contributed by atoms with Crippen molar-refractivity contribution in [1.29, 1.82) is 0 Å². The van der Waals surface area contributed by atoms with E-state index in [2.05, 4.69) is 5.32 Å². The summed E-state index contributed by atoms with van der Waals surface area (Å²) in [7, 11) is 0. The Bertz CT molecular complexity index is 792. The normalized spacial score (nSPS) is 16.4. The third-order valence-corrected chi connectivity index (χ3v) is 4.12. The van der Waals surface area contributed by atoms with Gasteiger partial charge in [0.1, 0.15) is 5.82 Å². The zero-order chi connectivity index (χ0) is 17.3. The zero-order valence-electron chi connectivity index (χ0n) is 13.0. The van der Waals surface area contributed by atoms with Crippen LogP contribution in [0.2, 0.25) is 0 Å². The number of nitrogens with one attached hydrogen (secondary N) is 1. The van der Waals surface area contributed by atoms with Crippen LogP contribution < -0.4 is 10.2 Å². The molecule has 1 aliphatic heterocycles. The highest BCUT2D eigenvalue weighted by molar-refractivity contribution is 6.03. The predicted octanol–water partition coefficient (Wildman–Crippen LogP) is 4.11. The summed E-state index contributed by atoms with van der Waals surface area (Å²) in [5.74, 6) is -0.320. The lowest BCUT2D eigenvalue weighted by Gasteiger charge is -2.35. The molecule has 6 nitrogen and oxygen atoms in total. The first kappa shape index (κ1) is 15.9. The maximum Gasteiger partial charge on any atom is 0.326 e. The number of anilines is 2. The Morgan fingerprint density at radius 1 is 1.29 bits per heavy atom. The third-order valence-electron chi connectivity index (χ3n) is 4.12. The van der Waals surface area contributed by atoms with Gasteiger partial charge in [0.15, 0.2) is 0 Å². The van der Waals surface area contributed by atoms with Crippen LogP contribution in [0.5, 0.6) is 0 Å². The van der Waals surface area contributed by atoms with Crippen molar-refractivity contribution in [2.75, 3.05) is 10.2 Å². The molecule has 7 heteroatoms. The van der Waals surface area contributed by atoms with E-state index in [9.17, 15) is 19.3 Å². The van der Waals surface area contributed by atoms with Gasteiger partial charge in [-0.2, -0.15) is 0 Å². The lowest BCUT2D eigenvalue weighted by molar-refractivity contribution is -0.384. The molecule has 3 rings (SSSR count). The lowest BCUT2D eigenvalue weighted by atomic mass is 9.97. The van der Waals surface area contributed by atoms with Gasteiger partial charge in [-0.15, -0.1) is 0 Å². The van der Waals surface area contributed by atoms with Crippen molar-refractivity contribution >= 4 is 23.1 Å². The Morgan fingerprint density at radius 2 is 2.00 bits per heavy atom. The number of hydrogen-bond donors (Lipinski definition) is 1. The van der Waals surface area contributed by atoms with Crippen LogP contribution in [-0.4, -0.2) is 17.0 Å². The second kappa shape index (κ2) is 6.27. The summed E-state index contributed by atoms with van der Waals surface area (Å²) < 4.78 is 13.4. The summed E-state index contributed by atoms with van der Waals surface area (Å²) in [6.45, 7) is 1.93. The summed E-state index contributed by atoms with van der Waals surface area (Å²) >= 11 is 0. The van der Waals surface area contributed by atoms with E-state index in [1.165, 1.54) is 36.4 Å². The van der Waals surface area contributed by atoms with Gasteiger partial charge in [0, 0.05) is 29.5 Å². The number of carbonyl (C=O) groups is 1. The van der Waals surface area contributed by atoms with Crippen LogP contribution in [0.25, 0.3) is 0 Å². The van der Waals surface area contributed by atoms with Gasteiger partial charge in [-0.05, 0) is 55.7 Å². The molecule has 0 saturated carbocycles. The molecule has 0 unspecified atom stereocenters. The molecule has 0 spiro atoms. The van der Waals surface area contributed by atoms with E-state index >= 15 is 0 Å². The highest BCUT2D eigenvalue weighted by Crippen LogP contribution is 2.31. The van der Waals surface area contributed by atoms with E-state index in [4.69, 9.17) is 0 Å². The van der Waals surface area contributed by atoms with Crippen molar-refractivity contribution < 1.29 is 14.1 Å². The summed E-state index contributed by atoms with van der Waals surface area (Å²) in [6, 6.07) is 9.65. The number of halogens is 1. The molecule has 0 bridgehead atoms. The molecule has 0 fully saturated rings. The van der Waals surface area contributed by atoms with E-state index < -0.39 is 4.92 Å². The second-order valence-corrected chi connectivity index (χ2v) is 5.76. The summed E-state index contributed by atoms with van der Waals surface area (Å²) in [4.78, 5) is 24.4. The maximum atomic E-state index is 13.4. The van der Waals surface area contributed by atoms with Gasteiger partial charge in [0.2, 0.25) is 0 Å². The van der Waals surface area contributed by atoms with Crippen LogP contribution in [0.3, 0.4) is 0 Å². The standard InChI is InChI=1S/C17H16FN3O3/c1-11-2-3-12-10-13(18)4-9-16(12)20(11)17(22)19-14-5-7-15(8-6-14)21(23)24/h4-11H,2-3H2,1H3,(H,19,22)/t11-/m1/s1. The Kier molecular flexibility index (Phi) is 4.16. The first-order chi connectivity index (χ1) is 11.5. The number of nitro benzene ring substituents is 1. The number of hydrogen-bond acceptors (Lipinski definition) is 3. The van der Waals surface area contributed by atoms with Crippen molar-refractivity contribution in [1.82, 2.24) is 0 Å². The van der Waals surface area contributed by atoms with Crippen LogP contribution in [0.15, 0.2) is 42.5 Å². The molecule has 2 amide bonds. The van der Waals surface area contributed by atoms with Gasteiger partial charge in [0.05, 0.1) is 4.92 Å². The van der Waals surface area contributed by atoms with E-state index in [0.717, 1.165) is 18.4 Å². The van der Waals surface area contributed by atoms with Crippen molar-refractivity contribution in [3.8, 4) is 0 Å². The number of aryl methyl sites for hydroxylation is 1. The molecule has 0 saturated heterocycles. The van der Waals surface area contributed by atoms with E-state index in [1.807, 2.05) is 6.92 Å². The number of nitrogens with zero attached hydrogens (tertiary/aromatic N) is 2. The minimum atomic E-state index is -0.497. The summed E-state index contributed by atoms with van der Waals surface area (Å²) in [6.07, 6.45) is 1.46. The fraction of sp³-hybridized carbons (Fsp3) is 0.235. The number of rotatable bonds is 2. The van der Waals surface area contributed by atoms with Crippen molar-refractivity contribution in [3.05, 3.63) is 64.0 Å². The average Bonchev–Trinajstić information content (AvgIpc) is 2.55. The monoisotopic (exact) mass is 329 g/mol. The minimum Gasteiger partial charge on any atom is -0.308 e. The molecule has 24 heavy (non-hydrogen) atoms. The molecular weight excluding hydrogens is 313 g/mol. The van der Waals surface area contributed by atoms with Crippen LogP contribution in [0.1, 0.15) is 18.9 Å². The molecule has 1 atom stereocenters. The second-order valence-electron chi connectivity index (χ2n) is 5.76. The summed E-state index contributed by atoms with van der Waals surface area (Å²) in [5.41, 5.74) is 1.91. The molecule has 0 aromatic heterocycles. The maximum absolute atomic E-state index is 13.4. The Hall–Kier alpha value is -2.96. The van der Waals surface area contributed by atoms with Crippen molar-refractivity contribution in [2.24, 2.45) is 0 Å². The molecule has 2 aromatic rings. The smallest absolute Gasteiger partial charge is 0.308 e. The van der Waals surface area contributed by atoms with Gasteiger partial charge in [-0.3, -0.25) is 15.0 Å². The molecule has 1 aliphatic rings. The van der Waals surface area contributed by atoms with Crippen molar-refractivity contribution in [2.45, 2.75) is 25.8 Å². The van der Waals surface area contributed by atoms with Gasteiger partial charge in [-0.25, -0.2) is 9.18 Å². The molecule has 1 N–H and O–H groups in total. The third kappa shape index (κ3) is 3.05. The number of non-ortho nitro benzene ring substituents is 1. The van der Waals surface area contributed by atoms with Gasteiger partial charge >= 0.3 is 6.03 Å². The van der Waals surface area contributed by atoms with Crippen LogP contribution in [-0.2, 0) is 6.42 Å². The number of benzene rings is 2. The van der Waals surface area contributed by atoms with E-state index in [0.29, 0.717) is 11.4 Å². The molecule has 1 heterocycles. The molecule has 2 aromatic carbocycles. The lowest BCUT2D eigenvalue weighted by Crippen LogP contribution is -2.44. The highest BCUT2D eigenvalue weighted by atomic mass is 19.1. The van der Waals surface area contributed by atoms with Crippen LogP contribution >= 0.6 is 0 Å². The molecule has 0 aliphatic carbocycles. The number of carbonyl (C=O) groups excluding carboxylic acids is 1. The van der Waals surface area contributed by atoms with Crippen LogP contribution in [0, 0.1) is 15.9 Å². The molecular formula is C17H16FN3O3. The number of fused-ring (bicyclic) bond motifs is 1. The largest absolute Gasteiger partial charge is 0.326 e. The Balaban J connectivity index is 1.83. The Labute approximate surface area is 138 Å². The fourth-order valence-electron chi connectivity index (χ4n) is 2.88. The zero-order valence-corrected chi connectivity index (χ0v) is 13.0. The molecule has 0 radical (unpaired) electrons. The number of urea groups is 1.